The Balaban J connectivity index is 1.18. The maximum atomic E-state index is 13.9. The quantitative estimate of drug-likeness (QED) is 0.693. The second-order valence-electron chi connectivity index (χ2n) is 12.4. The lowest BCUT2D eigenvalue weighted by Gasteiger charge is -2.58. The van der Waals surface area contributed by atoms with E-state index in [0.29, 0.717) is 29.8 Å². The predicted octanol–water partition coefficient (Wildman–Crippen LogP) is 3.30. The van der Waals surface area contributed by atoms with Crippen LogP contribution in [0.2, 0.25) is 0 Å². The van der Waals surface area contributed by atoms with Crippen LogP contribution >= 0.6 is 0 Å². The number of aliphatic carboxylic acids is 1. The molecule has 4 saturated carbocycles. The summed E-state index contributed by atoms with van der Waals surface area (Å²) in [6.07, 6.45) is 11.5. The van der Waals surface area contributed by atoms with E-state index in [0.717, 1.165) is 64.5 Å². The number of carboxylic acid groups (broad SMARTS) is 1. The van der Waals surface area contributed by atoms with Crippen molar-refractivity contribution in [2.75, 3.05) is 18.0 Å². The minimum absolute atomic E-state index is 0.126. The first-order chi connectivity index (χ1) is 16.3. The zero-order valence-corrected chi connectivity index (χ0v) is 20.4. The van der Waals surface area contributed by atoms with Crippen LogP contribution in [0.4, 0.5) is 5.69 Å². The molecule has 1 amide bonds. The number of fused-ring (bicyclic) bond motifs is 2. The number of carboxylic acids is 1. The number of hydrogen-bond donors (Lipinski definition) is 2. The van der Waals surface area contributed by atoms with Gasteiger partial charge in [-0.1, -0.05) is 0 Å². The normalized spacial score (nSPS) is 39.2. The van der Waals surface area contributed by atoms with E-state index >= 15 is 0 Å². The minimum Gasteiger partial charge on any atom is -0.481 e. The molecule has 6 fully saturated rings. The van der Waals surface area contributed by atoms with Gasteiger partial charge in [0.25, 0.3) is 0 Å². The molecule has 34 heavy (non-hydrogen) atoms. The highest BCUT2D eigenvalue weighted by molar-refractivity contribution is 5.86. The van der Waals surface area contributed by atoms with Crippen molar-refractivity contribution in [1.82, 2.24) is 15.2 Å². The Labute approximate surface area is 202 Å². The third-order valence-electron chi connectivity index (χ3n) is 10.0. The lowest BCUT2D eigenvalue weighted by molar-refractivity contribution is -0.168. The monoisotopic (exact) mass is 466 g/mol. The van der Waals surface area contributed by atoms with E-state index in [1.807, 2.05) is 18.5 Å². The van der Waals surface area contributed by atoms with Gasteiger partial charge in [-0.25, -0.2) is 0 Å². The first-order valence-corrected chi connectivity index (χ1v) is 13.2. The summed E-state index contributed by atoms with van der Waals surface area (Å²) in [4.78, 5) is 35.2. The van der Waals surface area contributed by atoms with Gasteiger partial charge in [0.1, 0.15) is 0 Å². The lowest BCUT2D eigenvalue weighted by Crippen LogP contribution is -2.65. The highest BCUT2D eigenvalue weighted by Crippen LogP contribution is 2.60. The molecule has 2 saturated heterocycles. The number of hydrogen-bond acceptors (Lipinski definition) is 5. The largest absolute Gasteiger partial charge is 0.481 e. The van der Waals surface area contributed by atoms with Gasteiger partial charge < -0.3 is 15.3 Å². The fraction of sp³-hybridized carbons (Fsp3) is 0.741. The maximum Gasteiger partial charge on any atom is 0.309 e. The summed E-state index contributed by atoms with van der Waals surface area (Å²) in [7, 11) is 0. The molecule has 3 heterocycles. The summed E-state index contributed by atoms with van der Waals surface area (Å²) >= 11 is 0. The molecule has 184 valence electrons. The molecule has 7 heteroatoms. The van der Waals surface area contributed by atoms with Crippen LogP contribution in [0, 0.1) is 23.2 Å². The van der Waals surface area contributed by atoms with Crippen molar-refractivity contribution in [2.45, 2.75) is 88.9 Å². The van der Waals surface area contributed by atoms with E-state index < -0.39 is 16.9 Å². The molecule has 6 aliphatic rings. The molecule has 4 atom stereocenters. The number of nitrogens with zero attached hydrogens (tertiary/aromatic N) is 3. The molecule has 0 spiro atoms. The number of pyridine rings is 1. The van der Waals surface area contributed by atoms with E-state index in [1.54, 1.807) is 0 Å². The molecule has 0 aromatic carbocycles. The Morgan fingerprint density at radius 3 is 2.53 bits per heavy atom. The van der Waals surface area contributed by atoms with Crippen LogP contribution in [0.1, 0.15) is 65.2 Å². The summed E-state index contributed by atoms with van der Waals surface area (Å²) in [5, 5.41) is 13.4. The van der Waals surface area contributed by atoms with Crippen molar-refractivity contribution >= 4 is 17.6 Å². The molecule has 1 aromatic heterocycles. The van der Waals surface area contributed by atoms with Crippen LogP contribution in [0.3, 0.4) is 0 Å². The number of nitrogens with one attached hydrogen (secondary N) is 1. The van der Waals surface area contributed by atoms with E-state index in [1.165, 1.54) is 5.69 Å². The van der Waals surface area contributed by atoms with Gasteiger partial charge in [0.15, 0.2) is 0 Å². The van der Waals surface area contributed by atoms with Crippen molar-refractivity contribution in [3.05, 3.63) is 24.5 Å². The molecule has 1 aromatic rings. The molecule has 6 bridgehead atoms. The number of amides is 1. The van der Waals surface area contributed by atoms with Crippen LogP contribution in [-0.4, -0.2) is 63.6 Å². The number of rotatable bonds is 5. The average Bonchev–Trinajstić information content (AvgIpc) is 3.10. The number of carbonyl (C=O) groups excluding carboxylic acids is 1. The molecular formula is C27H38N4O3. The molecule has 7 rings (SSSR count). The van der Waals surface area contributed by atoms with Crippen LogP contribution in [0.5, 0.6) is 0 Å². The van der Waals surface area contributed by atoms with Gasteiger partial charge in [0, 0.05) is 37.4 Å². The predicted molar refractivity (Wildman–Crippen MR) is 129 cm³/mol. The topological polar surface area (TPSA) is 85.8 Å². The SMILES string of the molecule is CC(C)(C(=O)NC1C2CC3CC1CC(C(=O)O)(C3)C2)N1C2CCC1CN(c1cccnc1)CC2. The zero-order valence-electron chi connectivity index (χ0n) is 20.4. The molecule has 4 aliphatic carbocycles. The Hall–Kier alpha value is -2.15. The van der Waals surface area contributed by atoms with Gasteiger partial charge in [0.05, 0.1) is 22.8 Å². The van der Waals surface area contributed by atoms with Crippen molar-refractivity contribution in [2.24, 2.45) is 23.2 Å². The van der Waals surface area contributed by atoms with Crippen molar-refractivity contribution < 1.29 is 14.7 Å². The van der Waals surface area contributed by atoms with Gasteiger partial charge >= 0.3 is 5.97 Å². The smallest absolute Gasteiger partial charge is 0.309 e. The second kappa shape index (κ2) is 7.94. The lowest BCUT2D eigenvalue weighted by atomic mass is 9.48. The summed E-state index contributed by atoms with van der Waals surface area (Å²) < 4.78 is 0. The van der Waals surface area contributed by atoms with E-state index in [2.05, 4.69) is 40.0 Å². The number of carbonyl (C=O) groups is 2. The molecule has 7 nitrogen and oxygen atoms in total. The van der Waals surface area contributed by atoms with Crippen molar-refractivity contribution in [1.29, 1.82) is 0 Å². The van der Waals surface area contributed by atoms with Gasteiger partial charge in [-0.05, 0) is 95.1 Å². The first kappa shape index (κ1) is 22.3. The summed E-state index contributed by atoms with van der Waals surface area (Å²) in [6.45, 7) is 6.12. The Bertz CT molecular complexity index is 950. The van der Waals surface area contributed by atoms with Crippen LogP contribution in [0.15, 0.2) is 24.5 Å². The van der Waals surface area contributed by atoms with Crippen LogP contribution in [-0.2, 0) is 9.59 Å². The van der Waals surface area contributed by atoms with Crippen LogP contribution < -0.4 is 10.2 Å². The van der Waals surface area contributed by atoms with E-state index in [9.17, 15) is 14.7 Å². The number of anilines is 1. The highest BCUT2D eigenvalue weighted by atomic mass is 16.4. The summed E-state index contributed by atoms with van der Waals surface area (Å²) in [6, 6.07) is 5.02. The van der Waals surface area contributed by atoms with Crippen molar-refractivity contribution in [3.8, 4) is 0 Å². The zero-order chi connectivity index (χ0) is 23.7. The molecule has 4 unspecified atom stereocenters. The molecular weight excluding hydrogens is 428 g/mol. The third-order valence-corrected chi connectivity index (χ3v) is 10.0. The van der Waals surface area contributed by atoms with Crippen LogP contribution in [0.25, 0.3) is 0 Å². The summed E-state index contributed by atoms with van der Waals surface area (Å²) in [5.74, 6) is 0.653. The Morgan fingerprint density at radius 2 is 1.85 bits per heavy atom. The fourth-order valence-corrected chi connectivity index (χ4v) is 8.73. The van der Waals surface area contributed by atoms with Crippen molar-refractivity contribution in [3.63, 3.8) is 0 Å². The maximum absolute atomic E-state index is 13.9. The van der Waals surface area contributed by atoms with E-state index in [4.69, 9.17) is 0 Å². The second-order valence-corrected chi connectivity index (χ2v) is 12.4. The summed E-state index contributed by atoms with van der Waals surface area (Å²) in [5.41, 5.74) is 0.0428. The van der Waals surface area contributed by atoms with Gasteiger partial charge in [0.2, 0.25) is 5.91 Å². The molecule has 2 N–H and O–H groups in total. The Morgan fingerprint density at radius 1 is 1.12 bits per heavy atom. The first-order valence-electron chi connectivity index (χ1n) is 13.2. The third kappa shape index (κ3) is 3.45. The highest BCUT2D eigenvalue weighted by Gasteiger charge is 2.59. The Kier molecular flexibility index (Phi) is 5.21. The number of aromatic nitrogens is 1. The standard InChI is InChI=1S/C27H38N4O3/c1-26(2,31-20-5-6-22(31)16-30(9-7-20)21-4-3-8-28-15-21)24(32)29-23-18-10-17-11-19(23)14-27(12-17,13-18)25(33)34/h3-4,8,15,17-20,22-23H,5-7,9-14,16H2,1-2H3,(H,29,32)(H,33,34). The van der Waals surface area contributed by atoms with E-state index in [-0.39, 0.29) is 11.9 Å². The van der Waals surface area contributed by atoms with Gasteiger partial charge in [-0.3, -0.25) is 19.5 Å². The molecule has 2 aliphatic heterocycles. The average molecular weight is 467 g/mol. The molecule has 0 radical (unpaired) electrons. The fourth-order valence-electron chi connectivity index (χ4n) is 8.73. The van der Waals surface area contributed by atoms with Gasteiger partial charge in [-0.15, -0.1) is 0 Å². The van der Waals surface area contributed by atoms with Gasteiger partial charge in [-0.2, -0.15) is 0 Å². The minimum atomic E-state index is -0.615.